The molecule has 1 saturated heterocycles. The van der Waals surface area contributed by atoms with Gasteiger partial charge in [0.1, 0.15) is 0 Å². The summed E-state index contributed by atoms with van der Waals surface area (Å²) in [6, 6.07) is 0. The number of carboxylic acid groups (broad SMARTS) is 1. The largest absolute Gasteiger partial charge is 0.478 e. The van der Waals surface area contributed by atoms with E-state index in [1.807, 2.05) is 6.08 Å². The Bertz CT molecular complexity index is 311. The molecule has 0 amide bonds. The van der Waals surface area contributed by atoms with Crippen molar-refractivity contribution in [1.29, 1.82) is 0 Å². The van der Waals surface area contributed by atoms with E-state index < -0.39 is 11.8 Å². The van der Waals surface area contributed by atoms with Crippen molar-refractivity contribution in [3.05, 3.63) is 23.8 Å². The molecule has 15 heavy (non-hydrogen) atoms. The summed E-state index contributed by atoms with van der Waals surface area (Å²) in [6.45, 7) is 1.27. The second-order valence-corrected chi connectivity index (χ2v) is 3.77. The van der Waals surface area contributed by atoms with Gasteiger partial charge in [-0.1, -0.05) is 12.2 Å². The van der Waals surface area contributed by atoms with Crippen LogP contribution < -0.4 is 0 Å². The van der Waals surface area contributed by atoms with Crippen LogP contribution in [0.2, 0.25) is 0 Å². The molecule has 0 radical (unpaired) electrons. The Kier molecular flexibility index (Phi) is 2.88. The first kappa shape index (κ1) is 10.4. The molecule has 0 unspecified atom stereocenters. The Hall–Kier alpha value is -1.13. The van der Waals surface area contributed by atoms with E-state index in [4.69, 9.17) is 14.6 Å². The minimum Gasteiger partial charge on any atom is -0.478 e. The molecule has 0 aromatic carbocycles. The maximum Gasteiger partial charge on any atom is 0.328 e. The predicted octanol–water partition coefficient (Wildman–Crippen LogP) is 1.48. The highest BCUT2D eigenvalue weighted by atomic mass is 16.7. The molecule has 1 N–H and O–H groups in total. The van der Waals surface area contributed by atoms with Gasteiger partial charge in [0.15, 0.2) is 5.79 Å². The summed E-state index contributed by atoms with van der Waals surface area (Å²) in [5.74, 6) is -1.41. The van der Waals surface area contributed by atoms with Crippen LogP contribution in [0.25, 0.3) is 0 Å². The highest BCUT2D eigenvalue weighted by molar-refractivity contribution is 5.80. The zero-order valence-electron chi connectivity index (χ0n) is 8.44. The fourth-order valence-corrected chi connectivity index (χ4v) is 2.00. The fraction of sp³-hybridized carbons (Fsp3) is 0.545. The van der Waals surface area contributed by atoms with Crippen LogP contribution in [0.1, 0.15) is 19.3 Å². The smallest absolute Gasteiger partial charge is 0.328 e. The number of hydrogen-bond donors (Lipinski definition) is 1. The van der Waals surface area contributed by atoms with Crippen LogP contribution in [0.4, 0.5) is 0 Å². The normalized spacial score (nSPS) is 24.7. The van der Waals surface area contributed by atoms with E-state index >= 15 is 0 Å². The summed E-state index contributed by atoms with van der Waals surface area (Å²) in [5.41, 5.74) is 0.977. The third-order valence-corrected chi connectivity index (χ3v) is 2.66. The van der Waals surface area contributed by atoms with Crippen LogP contribution in [0.3, 0.4) is 0 Å². The molecule has 0 aromatic heterocycles. The van der Waals surface area contributed by atoms with E-state index in [2.05, 4.69) is 0 Å². The van der Waals surface area contributed by atoms with Gasteiger partial charge >= 0.3 is 5.97 Å². The van der Waals surface area contributed by atoms with Crippen molar-refractivity contribution in [2.75, 3.05) is 13.2 Å². The fourth-order valence-electron chi connectivity index (χ4n) is 2.00. The Labute approximate surface area is 88.2 Å². The summed E-state index contributed by atoms with van der Waals surface area (Å²) in [4.78, 5) is 10.4. The predicted molar refractivity (Wildman–Crippen MR) is 53.3 cm³/mol. The van der Waals surface area contributed by atoms with Crippen molar-refractivity contribution in [2.24, 2.45) is 0 Å². The highest BCUT2D eigenvalue weighted by Crippen LogP contribution is 2.35. The number of hydrogen-bond acceptors (Lipinski definition) is 3. The molecule has 4 heteroatoms. The van der Waals surface area contributed by atoms with Crippen LogP contribution >= 0.6 is 0 Å². The molecule has 4 nitrogen and oxygen atoms in total. The first-order valence-electron chi connectivity index (χ1n) is 5.08. The quantitative estimate of drug-likeness (QED) is 0.701. The molecule has 0 saturated carbocycles. The molecule has 0 aromatic rings. The second kappa shape index (κ2) is 4.16. The van der Waals surface area contributed by atoms with Gasteiger partial charge in [0.25, 0.3) is 0 Å². The molecule has 0 atom stereocenters. The van der Waals surface area contributed by atoms with Crippen molar-refractivity contribution < 1.29 is 19.4 Å². The maximum atomic E-state index is 10.4. The Morgan fingerprint density at radius 3 is 2.87 bits per heavy atom. The van der Waals surface area contributed by atoms with Gasteiger partial charge in [0, 0.05) is 18.9 Å². The molecular formula is C11H14O4. The first-order chi connectivity index (χ1) is 7.20. The topological polar surface area (TPSA) is 55.8 Å². The molecule has 2 aliphatic rings. The van der Waals surface area contributed by atoms with Crippen LogP contribution in [0.5, 0.6) is 0 Å². The zero-order valence-corrected chi connectivity index (χ0v) is 8.44. The van der Waals surface area contributed by atoms with Gasteiger partial charge in [0.05, 0.1) is 13.2 Å². The second-order valence-electron chi connectivity index (χ2n) is 3.77. The van der Waals surface area contributed by atoms with Crippen molar-refractivity contribution in [2.45, 2.75) is 25.0 Å². The van der Waals surface area contributed by atoms with E-state index in [1.165, 1.54) is 0 Å². The molecule has 82 valence electrons. The van der Waals surface area contributed by atoms with Gasteiger partial charge in [-0.05, 0) is 12.0 Å². The van der Waals surface area contributed by atoms with E-state index in [1.54, 1.807) is 6.08 Å². The molecular weight excluding hydrogens is 196 g/mol. The monoisotopic (exact) mass is 210 g/mol. The van der Waals surface area contributed by atoms with Gasteiger partial charge < -0.3 is 14.6 Å². The van der Waals surface area contributed by atoms with Gasteiger partial charge in [-0.25, -0.2) is 4.79 Å². The van der Waals surface area contributed by atoms with E-state index in [-0.39, 0.29) is 0 Å². The standard InChI is InChI=1S/C11H14O4/c12-10(13)4-3-9-2-1-5-11(8-9)14-6-7-15-11/h2-4H,1,5-8H2,(H,12,13)/b4-3-. The summed E-state index contributed by atoms with van der Waals surface area (Å²) in [7, 11) is 0. The molecule has 1 aliphatic heterocycles. The SMILES string of the molecule is O=C(O)/C=C\C1=CCCC2(C1)OCCO2. The van der Waals surface area contributed by atoms with Crippen LogP contribution in [0, 0.1) is 0 Å². The number of ether oxygens (including phenoxy) is 2. The highest BCUT2D eigenvalue weighted by Gasteiger charge is 2.37. The van der Waals surface area contributed by atoms with Gasteiger partial charge in [0.2, 0.25) is 0 Å². The average Bonchev–Trinajstić information content (AvgIpc) is 2.63. The lowest BCUT2D eigenvalue weighted by molar-refractivity contribution is -0.162. The molecule has 1 fully saturated rings. The summed E-state index contributed by atoms with van der Waals surface area (Å²) < 4.78 is 11.1. The minimum absolute atomic E-state index is 0.479. The molecule has 1 aliphatic carbocycles. The Morgan fingerprint density at radius 1 is 1.47 bits per heavy atom. The average molecular weight is 210 g/mol. The third kappa shape index (κ3) is 2.46. The lowest BCUT2D eigenvalue weighted by atomic mass is 9.93. The number of carboxylic acids is 1. The lowest BCUT2D eigenvalue weighted by Gasteiger charge is -2.30. The van der Waals surface area contributed by atoms with Crippen molar-refractivity contribution in [1.82, 2.24) is 0 Å². The van der Waals surface area contributed by atoms with Gasteiger partial charge in [-0.3, -0.25) is 0 Å². The zero-order chi connectivity index (χ0) is 10.7. The molecule has 2 rings (SSSR count). The third-order valence-electron chi connectivity index (χ3n) is 2.66. The molecule has 0 bridgehead atoms. The van der Waals surface area contributed by atoms with Gasteiger partial charge in [-0.2, -0.15) is 0 Å². The van der Waals surface area contributed by atoms with Crippen LogP contribution in [-0.2, 0) is 14.3 Å². The van der Waals surface area contributed by atoms with Crippen molar-refractivity contribution in [3.8, 4) is 0 Å². The van der Waals surface area contributed by atoms with Crippen molar-refractivity contribution >= 4 is 5.97 Å². The molecule has 1 heterocycles. The number of carbonyl (C=O) groups is 1. The minimum atomic E-state index is -0.927. The lowest BCUT2D eigenvalue weighted by Crippen LogP contribution is -2.32. The summed E-state index contributed by atoms with van der Waals surface area (Å²) >= 11 is 0. The van der Waals surface area contributed by atoms with Gasteiger partial charge in [-0.15, -0.1) is 0 Å². The van der Waals surface area contributed by atoms with Crippen LogP contribution in [0.15, 0.2) is 23.8 Å². The molecule has 1 spiro atoms. The summed E-state index contributed by atoms with van der Waals surface area (Å²) in [6.07, 6.45) is 7.19. The first-order valence-corrected chi connectivity index (χ1v) is 5.08. The maximum absolute atomic E-state index is 10.4. The van der Waals surface area contributed by atoms with Crippen molar-refractivity contribution in [3.63, 3.8) is 0 Å². The van der Waals surface area contributed by atoms with E-state index in [0.29, 0.717) is 19.6 Å². The van der Waals surface area contributed by atoms with Crippen LogP contribution in [-0.4, -0.2) is 30.1 Å². The Balaban J connectivity index is 2.02. The number of aliphatic carboxylic acids is 1. The van der Waals surface area contributed by atoms with E-state index in [0.717, 1.165) is 24.5 Å². The number of rotatable bonds is 2. The summed E-state index contributed by atoms with van der Waals surface area (Å²) in [5, 5.41) is 8.52. The Morgan fingerprint density at radius 2 is 2.20 bits per heavy atom. The van der Waals surface area contributed by atoms with E-state index in [9.17, 15) is 4.79 Å². The number of allylic oxidation sites excluding steroid dienone is 2.